The first-order valence-corrected chi connectivity index (χ1v) is 10.3. The van der Waals surface area contributed by atoms with Gasteiger partial charge in [0.15, 0.2) is 0 Å². The predicted molar refractivity (Wildman–Crippen MR) is 115 cm³/mol. The van der Waals surface area contributed by atoms with Crippen LogP contribution in [0, 0.1) is 5.82 Å². The van der Waals surface area contributed by atoms with Crippen LogP contribution in [-0.4, -0.2) is 28.5 Å². The smallest absolute Gasteiger partial charge is 0.261 e. The Balaban J connectivity index is 1.50. The molecule has 0 saturated carbocycles. The molecule has 0 unspecified atom stereocenters. The zero-order valence-electron chi connectivity index (χ0n) is 15.7. The van der Waals surface area contributed by atoms with Crippen molar-refractivity contribution in [2.75, 3.05) is 23.3 Å². The van der Waals surface area contributed by atoms with Crippen LogP contribution in [0.15, 0.2) is 52.0 Å². The van der Waals surface area contributed by atoms with Crippen molar-refractivity contribution >= 4 is 44.1 Å². The molecule has 6 nitrogen and oxygen atoms in total. The number of carbonyl (C=O) groups excluding carboxylic acids is 1. The topological polar surface area (TPSA) is 67.2 Å². The Labute approximate surface area is 175 Å². The highest BCUT2D eigenvalue weighted by Crippen LogP contribution is 2.31. The minimum absolute atomic E-state index is 0.0366. The number of hydrogen-bond acceptors (Lipinski definition) is 4. The molecule has 1 fully saturated rings. The van der Waals surface area contributed by atoms with Gasteiger partial charge in [0.1, 0.15) is 11.5 Å². The lowest BCUT2D eigenvalue weighted by molar-refractivity contribution is -0.116. The second-order valence-corrected chi connectivity index (χ2v) is 7.95. The van der Waals surface area contributed by atoms with Gasteiger partial charge in [0.05, 0.1) is 22.9 Å². The third-order valence-electron chi connectivity index (χ3n) is 5.07. The molecule has 1 aromatic heterocycles. The number of aromatic nitrogens is 2. The molecule has 0 atom stereocenters. The summed E-state index contributed by atoms with van der Waals surface area (Å²) in [4.78, 5) is 31.5. The normalized spacial score (nSPS) is 13.8. The number of rotatable bonds is 5. The zero-order chi connectivity index (χ0) is 20.4. The van der Waals surface area contributed by atoms with E-state index >= 15 is 0 Å². The van der Waals surface area contributed by atoms with Crippen molar-refractivity contribution in [3.63, 3.8) is 0 Å². The Morgan fingerprint density at radius 1 is 1.21 bits per heavy atom. The number of carbonyl (C=O) groups is 1. The van der Waals surface area contributed by atoms with Gasteiger partial charge in [0.2, 0.25) is 5.91 Å². The summed E-state index contributed by atoms with van der Waals surface area (Å²) >= 11 is 3.35. The van der Waals surface area contributed by atoms with Crippen LogP contribution in [0.2, 0.25) is 0 Å². The van der Waals surface area contributed by atoms with E-state index in [-0.39, 0.29) is 30.1 Å². The second-order valence-electron chi connectivity index (χ2n) is 7.03. The van der Waals surface area contributed by atoms with Crippen LogP contribution in [0.25, 0.3) is 10.9 Å². The summed E-state index contributed by atoms with van der Waals surface area (Å²) in [7, 11) is 0. The summed E-state index contributed by atoms with van der Waals surface area (Å²) in [5, 5.41) is 3.17. The van der Waals surface area contributed by atoms with Gasteiger partial charge < -0.3 is 10.2 Å². The fourth-order valence-corrected chi connectivity index (χ4v) is 3.93. The molecule has 0 radical (unpaired) electrons. The maximum atomic E-state index is 14.4. The van der Waals surface area contributed by atoms with Gasteiger partial charge in [-0.3, -0.25) is 14.2 Å². The molecule has 1 N–H and O–H groups in total. The first kappa shape index (κ1) is 19.6. The highest BCUT2D eigenvalue weighted by atomic mass is 79.9. The Kier molecular flexibility index (Phi) is 5.62. The van der Waals surface area contributed by atoms with Crippen molar-refractivity contribution in [2.45, 2.75) is 25.8 Å². The zero-order valence-corrected chi connectivity index (χ0v) is 17.3. The van der Waals surface area contributed by atoms with Crippen molar-refractivity contribution in [3.8, 4) is 0 Å². The average molecular weight is 459 g/mol. The number of para-hydroxylation sites is 1. The molecule has 2 heterocycles. The van der Waals surface area contributed by atoms with Gasteiger partial charge in [-0.2, -0.15) is 0 Å². The lowest BCUT2D eigenvalue weighted by atomic mass is 10.2. The van der Waals surface area contributed by atoms with Crippen LogP contribution in [0.1, 0.15) is 19.3 Å². The molecule has 2 aromatic carbocycles. The summed E-state index contributed by atoms with van der Waals surface area (Å²) in [5.74, 6) is -0.811. The van der Waals surface area contributed by atoms with Crippen LogP contribution >= 0.6 is 15.9 Å². The van der Waals surface area contributed by atoms with E-state index in [1.165, 1.54) is 17.0 Å². The van der Waals surface area contributed by atoms with Gasteiger partial charge >= 0.3 is 0 Å². The number of amides is 1. The third-order valence-corrected chi connectivity index (χ3v) is 5.56. The van der Waals surface area contributed by atoms with Gasteiger partial charge in [-0.15, -0.1) is 0 Å². The van der Waals surface area contributed by atoms with Crippen molar-refractivity contribution in [1.82, 2.24) is 9.55 Å². The van der Waals surface area contributed by atoms with E-state index in [9.17, 15) is 14.0 Å². The molecule has 8 heteroatoms. The minimum atomic E-state index is -0.461. The summed E-state index contributed by atoms with van der Waals surface area (Å²) in [6.07, 6.45) is 3.58. The van der Waals surface area contributed by atoms with Crippen molar-refractivity contribution < 1.29 is 9.18 Å². The summed E-state index contributed by atoms with van der Waals surface area (Å²) in [6, 6.07) is 10.1. The van der Waals surface area contributed by atoms with E-state index in [1.807, 2.05) is 12.1 Å². The van der Waals surface area contributed by atoms with Crippen molar-refractivity contribution in [1.29, 1.82) is 0 Å². The highest BCUT2D eigenvalue weighted by Gasteiger charge is 2.19. The number of fused-ring (bicyclic) bond motifs is 1. The van der Waals surface area contributed by atoms with Crippen LogP contribution < -0.4 is 15.8 Å². The largest absolute Gasteiger partial charge is 0.370 e. The Morgan fingerprint density at radius 3 is 2.79 bits per heavy atom. The molecule has 1 aliphatic heterocycles. The van der Waals surface area contributed by atoms with Gasteiger partial charge in [0, 0.05) is 30.5 Å². The predicted octanol–water partition coefficient (Wildman–Crippen LogP) is 3.93. The minimum Gasteiger partial charge on any atom is -0.370 e. The molecule has 150 valence electrons. The number of anilines is 2. The van der Waals surface area contributed by atoms with Crippen LogP contribution in [0.5, 0.6) is 0 Å². The van der Waals surface area contributed by atoms with Gasteiger partial charge in [-0.05, 0) is 43.2 Å². The van der Waals surface area contributed by atoms with Gasteiger partial charge in [0.25, 0.3) is 5.56 Å². The van der Waals surface area contributed by atoms with E-state index in [2.05, 4.69) is 31.1 Å². The molecule has 1 saturated heterocycles. The van der Waals surface area contributed by atoms with Gasteiger partial charge in [-0.25, -0.2) is 9.37 Å². The number of aryl methyl sites for hydroxylation is 1. The summed E-state index contributed by atoms with van der Waals surface area (Å²) in [6.45, 7) is 1.85. The van der Waals surface area contributed by atoms with Crippen LogP contribution in [-0.2, 0) is 11.3 Å². The lowest BCUT2D eigenvalue weighted by Gasteiger charge is -2.22. The highest BCUT2D eigenvalue weighted by molar-refractivity contribution is 9.10. The molecule has 1 aliphatic rings. The molecule has 0 aliphatic carbocycles. The van der Waals surface area contributed by atoms with Crippen LogP contribution in [0.3, 0.4) is 0 Å². The van der Waals surface area contributed by atoms with E-state index in [4.69, 9.17) is 0 Å². The first-order chi connectivity index (χ1) is 14.0. The Bertz CT molecular complexity index is 1130. The Hall–Kier alpha value is -2.74. The molecule has 29 heavy (non-hydrogen) atoms. The molecule has 0 bridgehead atoms. The maximum Gasteiger partial charge on any atom is 0.261 e. The molecular weight excluding hydrogens is 439 g/mol. The van der Waals surface area contributed by atoms with Gasteiger partial charge in [-0.1, -0.05) is 22.0 Å². The number of nitrogens with zero attached hydrogens (tertiary/aromatic N) is 3. The Morgan fingerprint density at radius 2 is 2.00 bits per heavy atom. The van der Waals surface area contributed by atoms with Crippen molar-refractivity contribution in [3.05, 3.63) is 63.4 Å². The third kappa shape index (κ3) is 4.17. The fourth-order valence-electron chi connectivity index (χ4n) is 3.57. The molecule has 4 rings (SSSR count). The van der Waals surface area contributed by atoms with E-state index in [0.29, 0.717) is 16.6 Å². The second kappa shape index (κ2) is 8.32. The molecule has 0 spiro atoms. The van der Waals surface area contributed by atoms with E-state index in [1.54, 1.807) is 18.2 Å². The monoisotopic (exact) mass is 458 g/mol. The lowest BCUT2D eigenvalue weighted by Crippen LogP contribution is -2.25. The average Bonchev–Trinajstić information content (AvgIpc) is 3.24. The maximum absolute atomic E-state index is 14.4. The van der Waals surface area contributed by atoms with E-state index in [0.717, 1.165) is 30.4 Å². The SMILES string of the molecule is O=C(CCn1cnc2ccc(Br)cc2c1=O)Nc1c(F)cccc1N1CCCC1. The number of halogens is 2. The fraction of sp³-hybridized carbons (Fsp3) is 0.286. The molecule has 3 aromatic rings. The molecule has 1 amide bonds. The van der Waals surface area contributed by atoms with Crippen molar-refractivity contribution in [2.24, 2.45) is 0 Å². The van der Waals surface area contributed by atoms with E-state index < -0.39 is 5.82 Å². The summed E-state index contributed by atoms with van der Waals surface area (Å²) in [5.41, 5.74) is 1.28. The number of nitrogens with one attached hydrogen (secondary N) is 1. The van der Waals surface area contributed by atoms with Crippen LogP contribution in [0.4, 0.5) is 15.8 Å². The standard InChI is InChI=1S/C21H20BrFN4O2/c22-14-6-7-17-15(12-14)21(29)27(13-24-17)11-8-19(28)25-20-16(23)4-3-5-18(20)26-9-1-2-10-26/h3-7,12-13H,1-2,8-11H2,(H,25,28). The molecular formula is C21H20BrFN4O2. The number of benzene rings is 2. The quantitative estimate of drug-likeness (QED) is 0.628. The summed E-state index contributed by atoms with van der Waals surface area (Å²) < 4.78 is 16.6. The number of hydrogen-bond donors (Lipinski definition) is 1. The first-order valence-electron chi connectivity index (χ1n) is 9.51.